The molecule has 0 spiro atoms. The maximum Gasteiger partial charge on any atom is 0.843 e. The van der Waals surface area contributed by atoms with Crippen LogP contribution in [0.15, 0.2) is 42.7 Å². The molecule has 2 rings (SSSR count). The molecular weight excluding hydrogens is 165 g/mol. The second-order valence-corrected chi connectivity index (χ2v) is 2.87. The predicted octanol–water partition coefficient (Wildman–Crippen LogP) is -0.0551. The molecule has 0 aliphatic rings. The number of fused-ring (bicyclic) bond motifs is 1. The summed E-state index contributed by atoms with van der Waals surface area (Å²) in [4.78, 5) is 0. The van der Waals surface area contributed by atoms with Crippen molar-refractivity contribution in [2.45, 2.75) is 0 Å². The van der Waals surface area contributed by atoms with E-state index in [2.05, 4.69) is 0 Å². The maximum atomic E-state index is 8.90. The lowest BCUT2D eigenvalue weighted by molar-refractivity contribution is -0.561. The number of pyridine rings is 1. The highest BCUT2D eigenvalue weighted by molar-refractivity contribution is 6.29. The lowest BCUT2D eigenvalue weighted by Gasteiger charge is -1.96. The maximum absolute atomic E-state index is 8.90. The van der Waals surface area contributed by atoms with Gasteiger partial charge in [0.25, 0.3) is 0 Å². The third-order valence-corrected chi connectivity index (χ3v) is 1.98. The monoisotopic (exact) mass is 174 g/mol. The summed E-state index contributed by atoms with van der Waals surface area (Å²) in [6, 6.07) is 9.60. The minimum Gasteiger partial charge on any atom is -0.361 e. The molecule has 2 N–H and O–H groups in total. The van der Waals surface area contributed by atoms with Gasteiger partial charge in [0.05, 0.1) is 0 Å². The predicted molar refractivity (Wildman–Crippen MR) is 49.7 cm³/mol. The van der Waals surface area contributed by atoms with Gasteiger partial charge in [-0.2, -0.15) is 0 Å². The molecule has 1 heterocycles. The van der Waals surface area contributed by atoms with Crippen LogP contribution in [0.3, 0.4) is 0 Å². The summed E-state index contributed by atoms with van der Waals surface area (Å²) < 4.78 is 1.34. The van der Waals surface area contributed by atoms with Gasteiger partial charge in [0, 0.05) is 11.5 Å². The third kappa shape index (κ3) is 1.54. The van der Waals surface area contributed by atoms with Crippen molar-refractivity contribution in [2.75, 3.05) is 0 Å². The molecule has 64 valence electrons. The van der Waals surface area contributed by atoms with Gasteiger partial charge in [-0.15, -0.1) is 0 Å². The average Bonchev–Trinajstić information content (AvgIpc) is 2.17. The molecule has 1 aromatic heterocycles. The number of benzene rings is 1. The van der Waals surface area contributed by atoms with E-state index in [1.54, 1.807) is 12.4 Å². The van der Waals surface area contributed by atoms with Gasteiger partial charge in [-0.3, -0.25) is 0 Å². The smallest absolute Gasteiger partial charge is 0.361 e. The fourth-order valence-corrected chi connectivity index (χ4v) is 1.29. The van der Waals surface area contributed by atoms with Crippen molar-refractivity contribution in [2.24, 2.45) is 0 Å². The van der Waals surface area contributed by atoms with Gasteiger partial charge < -0.3 is 10.0 Å². The normalized spacial score (nSPS) is 10.3. The topological polar surface area (TPSA) is 44.3 Å². The first-order valence-electron chi connectivity index (χ1n) is 4.03. The fraction of sp³-hybridized carbons (Fsp3) is 0. The average molecular weight is 174 g/mol. The highest BCUT2D eigenvalue weighted by Gasteiger charge is 2.24. The fourth-order valence-electron chi connectivity index (χ4n) is 1.29. The molecule has 0 bridgehead atoms. The Labute approximate surface area is 76.0 Å². The van der Waals surface area contributed by atoms with E-state index in [4.69, 9.17) is 10.0 Å². The van der Waals surface area contributed by atoms with Crippen molar-refractivity contribution < 1.29 is 14.5 Å². The lowest BCUT2D eigenvalue weighted by atomic mass is 10.1. The summed E-state index contributed by atoms with van der Waals surface area (Å²) in [5.41, 5.74) is 0. The van der Waals surface area contributed by atoms with Crippen LogP contribution in [0.1, 0.15) is 0 Å². The molecule has 4 heteroatoms. The Morgan fingerprint density at radius 2 is 1.69 bits per heavy atom. The second kappa shape index (κ2) is 3.16. The molecule has 0 aliphatic heterocycles. The molecule has 3 nitrogen and oxygen atoms in total. The quantitative estimate of drug-likeness (QED) is 0.595. The van der Waals surface area contributed by atoms with E-state index in [-0.39, 0.29) is 0 Å². The Bertz CT molecular complexity index is 431. The number of aromatic nitrogens is 1. The van der Waals surface area contributed by atoms with Gasteiger partial charge >= 0.3 is 7.25 Å². The lowest BCUT2D eigenvalue weighted by Crippen LogP contribution is -2.51. The van der Waals surface area contributed by atoms with Gasteiger partial charge in [-0.05, 0) is 11.5 Å². The highest BCUT2D eigenvalue weighted by Crippen LogP contribution is 2.09. The highest BCUT2D eigenvalue weighted by atomic mass is 16.4. The molecule has 2 aromatic rings. The molecule has 0 aliphatic carbocycles. The van der Waals surface area contributed by atoms with Crippen molar-refractivity contribution >= 4 is 18.0 Å². The third-order valence-electron chi connectivity index (χ3n) is 1.98. The zero-order valence-electron chi connectivity index (χ0n) is 6.96. The zero-order valence-corrected chi connectivity index (χ0v) is 6.96. The summed E-state index contributed by atoms with van der Waals surface area (Å²) in [5, 5.41) is 19.9. The van der Waals surface area contributed by atoms with E-state index >= 15 is 0 Å². The Balaban J connectivity index is 2.62. The molecule has 0 radical (unpaired) electrons. The molecule has 1 aromatic carbocycles. The number of rotatable bonds is 1. The SMILES string of the molecule is OB(O)[n+]1ccc2ccccc2c1. The summed E-state index contributed by atoms with van der Waals surface area (Å²) in [6.07, 6.45) is 3.33. The molecule has 0 atom stereocenters. The Morgan fingerprint density at radius 1 is 1.00 bits per heavy atom. The van der Waals surface area contributed by atoms with Crippen LogP contribution in [-0.2, 0) is 0 Å². The zero-order chi connectivity index (χ0) is 9.26. The van der Waals surface area contributed by atoms with Crippen LogP contribution in [0.4, 0.5) is 0 Å². The first-order valence-corrected chi connectivity index (χ1v) is 4.03. The first kappa shape index (κ1) is 8.22. The summed E-state index contributed by atoms with van der Waals surface area (Å²) in [6.45, 7) is 0. The molecule has 13 heavy (non-hydrogen) atoms. The van der Waals surface area contributed by atoms with E-state index in [0.29, 0.717) is 0 Å². The first-order chi connectivity index (χ1) is 6.27. The Hall–Kier alpha value is -1.39. The van der Waals surface area contributed by atoms with Crippen LogP contribution in [0.5, 0.6) is 0 Å². The van der Waals surface area contributed by atoms with Crippen molar-refractivity contribution in [3.63, 3.8) is 0 Å². The van der Waals surface area contributed by atoms with Crippen molar-refractivity contribution in [1.82, 2.24) is 0 Å². The van der Waals surface area contributed by atoms with Crippen molar-refractivity contribution in [3.8, 4) is 0 Å². The Kier molecular flexibility index (Phi) is 2.00. The summed E-state index contributed by atoms with van der Waals surface area (Å²) >= 11 is 0. The minimum atomic E-state index is -1.47. The Morgan fingerprint density at radius 3 is 2.38 bits per heavy atom. The second-order valence-electron chi connectivity index (χ2n) is 2.87. The molecule has 0 amide bonds. The van der Waals surface area contributed by atoms with Gasteiger partial charge in [-0.25, -0.2) is 4.48 Å². The van der Waals surface area contributed by atoms with Crippen LogP contribution >= 0.6 is 0 Å². The van der Waals surface area contributed by atoms with E-state index in [0.717, 1.165) is 10.8 Å². The summed E-state index contributed by atoms with van der Waals surface area (Å²) in [7, 11) is -1.47. The minimum absolute atomic E-state index is 0.984. The van der Waals surface area contributed by atoms with E-state index < -0.39 is 7.25 Å². The van der Waals surface area contributed by atoms with Crippen molar-refractivity contribution in [1.29, 1.82) is 0 Å². The van der Waals surface area contributed by atoms with E-state index in [1.165, 1.54) is 4.48 Å². The number of hydrogen-bond donors (Lipinski definition) is 2. The van der Waals surface area contributed by atoms with Gasteiger partial charge in [0.1, 0.15) is 6.20 Å². The van der Waals surface area contributed by atoms with Crippen LogP contribution in [-0.4, -0.2) is 17.3 Å². The number of nitrogens with zero attached hydrogens (tertiary/aromatic N) is 1. The van der Waals surface area contributed by atoms with Crippen molar-refractivity contribution in [3.05, 3.63) is 42.7 Å². The van der Waals surface area contributed by atoms with Crippen LogP contribution in [0.2, 0.25) is 0 Å². The van der Waals surface area contributed by atoms with Crippen LogP contribution < -0.4 is 4.48 Å². The summed E-state index contributed by atoms with van der Waals surface area (Å²) in [5.74, 6) is 0. The van der Waals surface area contributed by atoms with Crippen LogP contribution in [0.25, 0.3) is 10.8 Å². The van der Waals surface area contributed by atoms with Gasteiger partial charge in [-0.1, -0.05) is 18.2 Å². The molecule has 0 unspecified atom stereocenters. The molecular formula is C9H9BNO2+. The van der Waals surface area contributed by atoms with E-state index in [1.807, 2.05) is 30.3 Å². The van der Waals surface area contributed by atoms with Gasteiger partial charge in [0.2, 0.25) is 0 Å². The molecule has 0 fully saturated rings. The standard InChI is InChI=1S/C9H9BNO2/c12-10(13)11-6-5-8-3-1-2-4-9(8)7-11/h1-7,12-13H/q+1. The largest absolute Gasteiger partial charge is 0.843 e. The van der Waals surface area contributed by atoms with E-state index in [9.17, 15) is 0 Å². The van der Waals surface area contributed by atoms with Gasteiger partial charge in [0.15, 0.2) is 6.20 Å². The molecule has 0 saturated carbocycles. The number of hydrogen-bond acceptors (Lipinski definition) is 2. The van der Waals surface area contributed by atoms with Crippen LogP contribution in [0, 0.1) is 0 Å². The molecule has 0 saturated heterocycles.